The van der Waals surface area contributed by atoms with Gasteiger partial charge in [0.2, 0.25) is 0 Å². The van der Waals surface area contributed by atoms with Crippen molar-refractivity contribution in [3.63, 3.8) is 0 Å². The maximum Gasteiger partial charge on any atom is 0.165 e. The van der Waals surface area contributed by atoms with Gasteiger partial charge in [0.15, 0.2) is 5.82 Å². The second-order valence-corrected chi connectivity index (χ2v) is 4.21. The molecule has 5 heteroatoms. The predicted molar refractivity (Wildman–Crippen MR) is 66.4 cm³/mol. The predicted octanol–water partition coefficient (Wildman–Crippen LogP) is 2.45. The molecule has 0 bridgehead atoms. The Morgan fingerprint density at radius 3 is 2.65 bits per heavy atom. The van der Waals surface area contributed by atoms with Crippen LogP contribution in [0.2, 0.25) is 0 Å². The van der Waals surface area contributed by atoms with Crippen LogP contribution in [-0.2, 0) is 0 Å². The summed E-state index contributed by atoms with van der Waals surface area (Å²) in [6.45, 7) is 6.13. The first-order chi connectivity index (χ1) is 8.13. The SMILES string of the molecule is Cc1nc(-c2ccoc2)nc(NN)c1C(C)C. The van der Waals surface area contributed by atoms with Crippen LogP contribution in [0, 0.1) is 6.92 Å². The second kappa shape index (κ2) is 4.55. The summed E-state index contributed by atoms with van der Waals surface area (Å²) in [5.41, 5.74) is 5.46. The Hall–Kier alpha value is -1.88. The van der Waals surface area contributed by atoms with Gasteiger partial charge in [0.1, 0.15) is 12.1 Å². The van der Waals surface area contributed by atoms with Crippen molar-refractivity contribution < 1.29 is 4.42 Å². The maximum absolute atomic E-state index is 5.52. The van der Waals surface area contributed by atoms with Gasteiger partial charge < -0.3 is 9.84 Å². The van der Waals surface area contributed by atoms with E-state index in [4.69, 9.17) is 10.3 Å². The van der Waals surface area contributed by atoms with Crippen LogP contribution in [-0.4, -0.2) is 9.97 Å². The summed E-state index contributed by atoms with van der Waals surface area (Å²) in [6, 6.07) is 1.82. The van der Waals surface area contributed by atoms with Crippen molar-refractivity contribution in [3.05, 3.63) is 29.9 Å². The van der Waals surface area contributed by atoms with Crippen molar-refractivity contribution in [1.82, 2.24) is 9.97 Å². The van der Waals surface area contributed by atoms with Gasteiger partial charge in [-0.3, -0.25) is 0 Å². The summed E-state index contributed by atoms with van der Waals surface area (Å²) in [7, 11) is 0. The third kappa shape index (κ3) is 2.14. The van der Waals surface area contributed by atoms with Crippen LogP contribution in [0.15, 0.2) is 23.0 Å². The number of nitrogen functional groups attached to an aromatic ring is 1. The van der Waals surface area contributed by atoms with Gasteiger partial charge in [0, 0.05) is 11.3 Å². The molecule has 0 radical (unpaired) electrons. The van der Waals surface area contributed by atoms with Gasteiger partial charge >= 0.3 is 0 Å². The molecule has 0 aliphatic heterocycles. The van der Waals surface area contributed by atoms with Crippen molar-refractivity contribution in [2.24, 2.45) is 5.84 Å². The van der Waals surface area contributed by atoms with Crippen LogP contribution in [0.1, 0.15) is 31.0 Å². The molecule has 2 aromatic heterocycles. The highest BCUT2D eigenvalue weighted by atomic mass is 16.3. The molecule has 0 aliphatic carbocycles. The zero-order valence-corrected chi connectivity index (χ0v) is 10.2. The molecule has 2 rings (SSSR count). The average molecular weight is 232 g/mol. The van der Waals surface area contributed by atoms with Crippen LogP contribution in [0.4, 0.5) is 5.82 Å². The molecule has 0 spiro atoms. The molecule has 0 aliphatic rings. The van der Waals surface area contributed by atoms with Gasteiger partial charge in [-0.25, -0.2) is 15.8 Å². The van der Waals surface area contributed by atoms with E-state index < -0.39 is 0 Å². The lowest BCUT2D eigenvalue weighted by atomic mass is 10.0. The van der Waals surface area contributed by atoms with E-state index in [0.29, 0.717) is 17.6 Å². The van der Waals surface area contributed by atoms with E-state index in [9.17, 15) is 0 Å². The van der Waals surface area contributed by atoms with Crippen LogP contribution in [0.25, 0.3) is 11.4 Å². The molecular weight excluding hydrogens is 216 g/mol. The third-order valence-electron chi connectivity index (χ3n) is 2.63. The van der Waals surface area contributed by atoms with Gasteiger partial charge in [-0.2, -0.15) is 0 Å². The van der Waals surface area contributed by atoms with E-state index in [2.05, 4.69) is 29.2 Å². The third-order valence-corrected chi connectivity index (χ3v) is 2.63. The Labute approximate surface area is 100 Å². The van der Waals surface area contributed by atoms with Crippen LogP contribution < -0.4 is 11.3 Å². The minimum absolute atomic E-state index is 0.319. The summed E-state index contributed by atoms with van der Waals surface area (Å²) in [5, 5.41) is 0. The minimum atomic E-state index is 0.319. The second-order valence-electron chi connectivity index (χ2n) is 4.21. The zero-order chi connectivity index (χ0) is 12.4. The topological polar surface area (TPSA) is 77.0 Å². The summed E-state index contributed by atoms with van der Waals surface area (Å²) in [6.07, 6.45) is 3.21. The molecule has 0 saturated carbocycles. The Balaban J connectivity index is 2.56. The van der Waals surface area contributed by atoms with Crippen molar-refractivity contribution in [2.75, 3.05) is 5.43 Å². The number of nitrogens with zero attached hydrogens (tertiary/aromatic N) is 2. The number of hydrazine groups is 1. The molecule has 90 valence electrons. The summed E-state index contributed by atoms with van der Waals surface area (Å²) in [4.78, 5) is 8.89. The Kier molecular flexibility index (Phi) is 3.10. The van der Waals surface area contributed by atoms with Crippen molar-refractivity contribution in [3.8, 4) is 11.4 Å². The smallest absolute Gasteiger partial charge is 0.165 e. The summed E-state index contributed by atoms with van der Waals surface area (Å²) in [5.74, 6) is 7.12. The normalized spacial score (nSPS) is 10.9. The lowest BCUT2D eigenvalue weighted by molar-refractivity contribution is 0.568. The van der Waals surface area contributed by atoms with Crippen molar-refractivity contribution >= 4 is 5.82 Å². The largest absolute Gasteiger partial charge is 0.472 e. The molecule has 17 heavy (non-hydrogen) atoms. The molecule has 2 heterocycles. The number of furan rings is 1. The first-order valence-electron chi connectivity index (χ1n) is 5.51. The molecule has 0 saturated heterocycles. The highest BCUT2D eigenvalue weighted by Gasteiger charge is 2.15. The average Bonchev–Trinajstić information content (AvgIpc) is 2.80. The number of hydrogen-bond donors (Lipinski definition) is 2. The van der Waals surface area contributed by atoms with E-state index in [0.717, 1.165) is 16.8 Å². The first kappa shape index (κ1) is 11.6. The Morgan fingerprint density at radius 2 is 2.12 bits per heavy atom. The lowest BCUT2D eigenvalue weighted by Gasteiger charge is -2.14. The van der Waals surface area contributed by atoms with E-state index in [-0.39, 0.29) is 0 Å². The van der Waals surface area contributed by atoms with Gasteiger partial charge in [0.25, 0.3) is 0 Å². The number of nitrogens with two attached hydrogens (primary N) is 1. The molecule has 0 amide bonds. The number of aryl methyl sites for hydroxylation is 1. The van der Waals surface area contributed by atoms with Gasteiger partial charge in [-0.15, -0.1) is 0 Å². The van der Waals surface area contributed by atoms with Gasteiger partial charge in [0.05, 0.1) is 11.8 Å². The Bertz CT molecular complexity index is 505. The van der Waals surface area contributed by atoms with Crippen molar-refractivity contribution in [2.45, 2.75) is 26.7 Å². The zero-order valence-electron chi connectivity index (χ0n) is 10.2. The fraction of sp³-hybridized carbons (Fsp3) is 0.333. The highest BCUT2D eigenvalue weighted by molar-refractivity contribution is 5.58. The molecular formula is C12H16N4O. The van der Waals surface area contributed by atoms with E-state index in [1.807, 2.05) is 13.0 Å². The standard InChI is InChI=1S/C12H16N4O/c1-7(2)10-8(3)14-11(15-12(10)16-13)9-4-5-17-6-9/h4-7H,13H2,1-3H3,(H,14,15,16). The molecule has 2 aromatic rings. The summed E-state index contributed by atoms with van der Waals surface area (Å²) >= 11 is 0. The summed E-state index contributed by atoms with van der Waals surface area (Å²) < 4.78 is 5.03. The first-order valence-corrected chi connectivity index (χ1v) is 5.51. The Morgan fingerprint density at radius 1 is 1.35 bits per heavy atom. The van der Waals surface area contributed by atoms with Gasteiger partial charge in [-0.1, -0.05) is 13.8 Å². The van der Waals surface area contributed by atoms with Crippen LogP contribution in [0.5, 0.6) is 0 Å². The number of nitrogens with one attached hydrogen (secondary N) is 1. The lowest BCUT2D eigenvalue weighted by Crippen LogP contribution is -2.14. The number of anilines is 1. The van der Waals surface area contributed by atoms with E-state index in [1.54, 1.807) is 12.5 Å². The fourth-order valence-corrected chi connectivity index (χ4v) is 1.90. The van der Waals surface area contributed by atoms with Crippen molar-refractivity contribution in [1.29, 1.82) is 0 Å². The number of hydrogen-bond acceptors (Lipinski definition) is 5. The molecule has 5 nitrogen and oxygen atoms in total. The van der Waals surface area contributed by atoms with Crippen LogP contribution >= 0.6 is 0 Å². The quantitative estimate of drug-likeness (QED) is 0.628. The van der Waals surface area contributed by atoms with E-state index in [1.165, 1.54) is 0 Å². The molecule has 0 atom stereocenters. The molecule has 3 N–H and O–H groups in total. The fourth-order valence-electron chi connectivity index (χ4n) is 1.90. The van der Waals surface area contributed by atoms with E-state index >= 15 is 0 Å². The minimum Gasteiger partial charge on any atom is -0.472 e. The van der Waals surface area contributed by atoms with Gasteiger partial charge in [-0.05, 0) is 18.9 Å². The maximum atomic E-state index is 5.52. The molecule has 0 unspecified atom stereocenters. The number of aromatic nitrogens is 2. The molecule has 0 fully saturated rings. The number of rotatable bonds is 3. The van der Waals surface area contributed by atoms with Crippen LogP contribution in [0.3, 0.4) is 0 Å². The molecule has 0 aromatic carbocycles. The monoisotopic (exact) mass is 232 g/mol. The highest BCUT2D eigenvalue weighted by Crippen LogP contribution is 2.27.